The highest BCUT2D eigenvalue weighted by Gasteiger charge is 2.15. The third-order valence-electron chi connectivity index (χ3n) is 3.08. The summed E-state index contributed by atoms with van der Waals surface area (Å²) in [4.78, 5) is 13.8. The van der Waals surface area contributed by atoms with Crippen LogP contribution in [-0.2, 0) is 6.42 Å². The molecule has 0 bridgehead atoms. The molecule has 96 valence electrons. The summed E-state index contributed by atoms with van der Waals surface area (Å²) in [5.41, 5.74) is 1.85. The van der Waals surface area contributed by atoms with E-state index in [1.807, 2.05) is 6.92 Å². The highest BCUT2D eigenvalue weighted by Crippen LogP contribution is 2.17. The molecule has 0 heterocycles. The molecule has 1 aromatic rings. The van der Waals surface area contributed by atoms with Crippen molar-refractivity contribution in [1.29, 1.82) is 0 Å². The molecule has 0 saturated heterocycles. The maximum atomic E-state index is 11.4. The van der Waals surface area contributed by atoms with Gasteiger partial charge in [-0.2, -0.15) is 0 Å². The molecule has 1 aromatic carbocycles. The molecule has 0 spiro atoms. The monoisotopic (exact) mass is 254 g/mol. The predicted molar refractivity (Wildman–Crippen MR) is 76.2 cm³/mol. The van der Waals surface area contributed by atoms with Gasteiger partial charge in [0.1, 0.15) is 4.51 Å². The fourth-order valence-corrected chi connectivity index (χ4v) is 2.36. The second-order valence-electron chi connectivity index (χ2n) is 4.23. The van der Waals surface area contributed by atoms with Gasteiger partial charge >= 0.3 is 0 Å². The van der Waals surface area contributed by atoms with Crippen LogP contribution >= 0.6 is 12.2 Å². The van der Waals surface area contributed by atoms with E-state index in [1.165, 1.54) is 6.42 Å². The van der Waals surface area contributed by atoms with Gasteiger partial charge < -0.3 is 10.2 Å². The number of anilines is 1. The van der Waals surface area contributed by atoms with Crippen molar-refractivity contribution in [1.82, 2.24) is 4.90 Å². The Balaban J connectivity index is 2.43. The molecule has 3 nitrogen and oxygen atoms in total. The van der Waals surface area contributed by atoms with Gasteiger partial charge in [-0.05, 0) is 25.9 Å². The van der Waals surface area contributed by atoms with Crippen molar-refractivity contribution in [2.75, 3.05) is 31.5 Å². The fraction of sp³-hybridized carbons (Fsp3) is 0.692. The van der Waals surface area contributed by atoms with Crippen LogP contribution in [0, 0.1) is 4.51 Å². The van der Waals surface area contributed by atoms with Gasteiger partial charge in [0, 0.05) is 18.7 Å². The molecule has 0 radical (unpaired) electrons. The SMILES string of the molecule is CCCN(CC)CCNc1c(CC)c(=O)c1=S. The third kappa shape index (κ3) is 3.36. The molecule has 0 aliphatic heterocycles. The summed E-state index contributed by atoms with van der Waals surface area (Å²) in [6.45, 7) is 10.4. The average Bonchev–Trinajstić information content (AvgIpc) is 2.35. The van der Waals surface area contributed by atoms with Crippen molar-refractivity contribution in [2.45, 2.75) is 33.6 Å². The van der Waals surface area contributed by atoms with E-state index < -0.39 is 0 Å². The van der Waals surface area contributed by atoms with Crippen molar-refractivity contribution in [3.05, 3.63) is 20.3 Å². The van der Waals surface area contributed by atoms with Gasteiger partial charge in [0.05, 0.1) is 5.69 Å². The Hall–Kier alpha value is -0.740. The van der Waals surface area contributed by atoms with Crippen LogP contribution in [-0.4, -0.2) is 31.1 Å². The van der Waals surface area contributed by atoms with Crippen LogP contribution in [0.15, 0.2) is 4.79 Å². The van der Waals surface area contributed by atoms with E-state index in [0.717, 1.165) is 43.9 Å². The van der Waals surface area contributed by atoms with E-state index in [1.54, 1.807) is 0 Å². The normalized spacial score (nSPS) is 11.3. The van der Waals surface area contributed by atoms with Gasteiger partial charge in [0.15, 0.2) is 0 Å². The first kappa shape index (κ1) is 14.3. The molecule has 0 atom stereocenters. The number of likely N-dealkylation sites (N-methyl/N-ethyl adjacent to an activating group) is 1. The van der Waals surface area contributed by atoms with E-state index in [9.17, 15) is 4.79 Å². The summed E-state index contributed by atoms with van der Waals surface area (Å²) in [7, 11) is 0. The lowest BCUT2D eigenvalue weighted by Gasteiger charge is -2.21. The van der Waals surface area contributed by atoms with Crippen LogP contribution in [0.1, 0.15) is 32.8 Å². The molecule has 1 rings (SSSR count). The summed E-state index contributed by atoms with van der Waals surface area (Å²) in [5.74, 6) is 0. The first-order valence-corrected chi connectivity index (χ1v) is 6.84. The van der Waals surface area contributed by atoms with Crippen molar-refractivity contribution < 1.29 is 0 Å². The van der Waals surface area contributed by atoms with Crippen LogP contribution in [0.3, 0.4) is 0 Å². The topological polar surface area (TPSA) is 32.3 Å². The van der Waals surface area contributed by atoms with Crippen molar-refractivity contribution >= 4 is 17.9 Å². The number of nitrogens with one attached hydrogen (secondary N) is 1. The zero-order valence-electron chi connectivity index (χ0n) is 11.0. The van der Waals surface area contributed by atoms with Gasteiger partial charge in [-0.15, -0.1) is 0 Å². The molecule has 0 amide bonds. The van der Waals surface area contributed by atoms with Gasteiger partial charge in [-0.25, -0.2) is 0 Å². The summed E-state index contributed by atoms with van der Waals surface area (Å²) >= 11 is 5.05. The lowest BCUT2D eigenvalue weighted by molar-refractivity contribution is 0.300. The molecule has 0 aromatic heterocycles. The molecule has 0 aliphatic carbocycles. The Labute approximate surface area is 109 Å². The zero-order chi connectivity index (χ0) is 12.8. The Bertz CT molecular complexity index is 421. The predicted octanol–water partition coefficient (Wildman–Crippen LogP) is 2.36. The maximum absolute atomic E-state index is 11.4. The second-order valence-corrected chi connectivity index (χ2v) is 4.63. The Morgan fingerprint density at radius 2 is 1.94 bits per heavy atom. The summed E-state index contributed by atoms with van der Waals surface area (Å²) in [5, 5.41) is 3.30. The van der Waals surface area contributed by atoms with E-state index in [-0.39, 0.29) is 5.43 Å². The van der Waals surface area contributed by atoms with Crippen molar-refractivity contribution in [3.63, 3.8) is 0 Å². The molecular formula is C13H22N2OS. The molecule has 17 heavy (non-hydrogen) atoms. The molecular weight excluding hydrogens is 232 g/mol. The van der Waals surface area contributed by atoms with Crippen molar-refractivity contribution in [3.8, 4) is 0 Å². The van der Waals surface area contributed by atoms with Crippen LogP contribution in [0.4, 0.5) is 5.69 Å². The minimum absolute atomic E-state index is 0.0610. The molecule has 4 heteroatoms. The number of rotatable bonds is 8. The average molecular weight is 254 g/mol. The lowest BCUT2D eigenvalue weighted by Crippen LogP contribution is -2.31. The van der Waals surface area contributed by atoms with Crippen molar-refractivity contribution in [2.24, 2.45) is 0 Å². The third-order valence-corrected chi connectivity index (χ3v) is 3.47. The van der Waals surface area contributed by atoms with E-state index >= 15 is 0 Å². The largest absolute Gasteiger partial charge is 0.382 e. The van der Waals surface area contributed by atoms with E-state index in [0.29, 0.717) is 4.51 Å². The molecule has 0 unspecified atom stereocenters. The minimum atomic E-state index is 0.0610. The Morgan fingerprint density at radius 3 is 2.47 bits per heavy atom. The van der Waals surface area contributed by atoms with E-state index in [2.05, 4.69) is 24.1 Å². The fourth-order valence-electron chi connectivity index (χ4n) is 2.05. The minimum Gasteiger partial charge on any atom is -0.382 e. The van der Waals surface area contributed by atoms with Crippen LogP contribution in [0.2, 0.25) is 0 Å². The highest BCUT2D eigenvalue weighted by atomic mass is 32.1. The molecule has 0 saturated carbocycles. The van der Waals surface area contributed by atoms with Gasteiger partial charge in [0.25, 0.3) is 0 Å². The van der Waals surface area contributed by atoms with Crippen LogP contribution < -0.4 is 10.7 Å². The van der Waals surface area contributed by atoms with Crippen LogP contribution in [0.25, 0.3) is 0 Å². The number of hydrogen-bond acceptors (Lipinski definition) is 4. The standard InChI is InChI=1S/C13H22N2OS/c1-4-8-15(6-3)9-7-14-11-10(5-2)12(16)13(11)17/h14H,4-9H2,1-3H3. The van der Waals surface area contributed by atoms with Crippen LogP contribution in [0.5, 0.6) is 0 Å². The van der Waals surface area contributed by atoms with Gasteiger partial charge in [0.2, 0.25) is 5.43 Å². The van der Waals surface area contributed by atoms with Gasteiger partial charge in [-0.1, -0.05) is 33.0 Å². The highest BCUT2D eigenvalue weighted by molar-refractivity contribution is 7.71. The second kappa shape index (κ2) is 6.87. The first-order valence-electron chi connectivity index (χ1n) is 6.44. The van der Waals surface area contributed by atoms with Gasteiger partial charge in [-0.3, -0.25) is 4.79 Å². The summed E-state index contributed by atoms with van der Waals surface area (Å²) in [6, 6.07) is 0. The summed E-state index contributed by atoms with van der Waals surface area (Å²) in [6.07, 6.45) is 1.95. The molecule has 0 fully saturated rings. The Kier molecular flexibility index (Phi) is 5.78. The smallest absolute Gasteiger partial charge is 0.204 e. The van der Waals surface area contributed by atoms with E-state index in [4.69, 9.17) is 12.2 Å². The Morgan fingerprint density at radius 1 is 1.24 bits per heavy atom. The maximum Gasteiger partial charge on any atom is 0.204 e. The summed E-state index contributed by atoms with van der Waals surface area (Å²) < 4.78 is 0.486. The number of nitrogens with zero attached hydrogens (tertiary/aromatic N) is 1. The quantitative estimate of drug-likeness (QED) is 0.722. The molecule has 1 N–H and O–H groups in total. The number of hydrogen-bond donors (Lipinski definition) is 1. The lowest BCUT2D eigenvalue weighted by atomic mass is 10.1. The first-order chi connectivity index (χ1) is 8.15. The zero-order valence-corrected chi connectivity index (χ0v) is 11.8. The molecule has 0 aliphatic rings.